The van der Waals surface area contributed by atoms with E-state index in [1.807, 2.05) is 27.7 Å². The van der Waals surface area contributed by atoms with Crippen LogP contribution in [-0.4, -0.2) is 80.4 Å². The molecule has 13 heteroatoms. The molecule has 0 radical (unpaired) electrons. The van der Waals surface area contributed by atoms with Gasteiger partial charge in [0.15, 0.2) is 6.10 Å². The zero-order chi connectivity index (χ0) is 34.9. The van der Waals surface area contributed by atoms with Crippen LogP contribution >= 0.6 is 0 Å². The number of aliphatic hydroxyl groups excluding tert-OH is 1. The second-order valence-electron chi connectivity index (χ2n) is 12.0. The van der Waals surface area contributed by atoms with Crippen LogP contribution < -0.4 is 41.4 Å². The third-order valence-electron chi connectivity index (χ3n) is 7.26. The summed E-state index contributed by atoms with van der Waals surface area (Å²) in [6, 6.07) is 10.1. The molecule has 0 saturated heterocycles. The van der Waals surface area contributed by atoms with E-state index in [1.54, 1.807) is 49.4 Å². The maximum atomic E-state index is 13.3. The first-order valence-electron chi connectivity index (χ1n) is 16.0. The van der Waals surface area contributed by atoms with Crippen LogP contribution in [0.5, 0.6) is 11.5 Å². The lowest BCUT2D eigenvalue weighted by Gasteiger charge is -2.26. The summed E-state index contributed by atoms with van der Waals surface area (Å²) in [4.78, 5) is 51.2. The summed E-state index contributed by atoms with van der Waals surface area (Å²) < 4.78 is 10.5. The monoisotopic (exact) mass is 656 g/mol. The number of ether oxygens (including phenoxy) is 2. The third-order valence-corrected chi connectivity index (χ3v) is 7.26. The molecule has 7 N–H and O–H groups in total. The molecule has 3 atom stereocenters. The van der Waals surface area contributed by atoms with E-state index in [4.69, 9.17) is 9.47 Å². The van der Waals surface area contributed by atoms with Crippen LogP contribution in [0.2, 0.25) is 0 Å². The molecule has 0 aromatic heterocycles. The summed E-state index contributed by atoms with van der Waals surface area (Å²) in [5.41, 5.74) is 1.99. The van der Waals surface area contributed by atoms with Crippen molar-refractivity contribution in [3.63, 3.8) is 0 Å². The third kappa shape index (κ3) is 13.9. The van der Waals surface area contributed by atoms with E-state index < -0.39 is 36.0 Å². The van der Waals surface area contributed by atoms with Gasteiger partial charge in [0.05, 0.1) is 20.3 Å². The quantitative estimate of drug-likeness (QED) is 0.113. The highest BCUT2D eigenvalue weighted by Gasteiger charge is 2.30. The molecule has 47 heavy (non-hydrogen) atoms. The van der Waals surface area contributed by atoms with Crippen LogP contribution in [0.1, 0.15) is 68.9 Å². The van der Waals surface area contributed by atoms with Crippen LogP contribution in [-0.2, 0) is 22.7 Å². The minimum absolute atomic E-state index is 0.0686. The molecule has 0 aliphatic rings. The number of methoxy groups -OCH3 is 2. The van der Waals surface area contributed by atoms with Gasteiger partial charge in [-0.2, -0.15) is 0 Å². The molecule has 5 amide bonds. The summed E-state index contributed by atoms with van der Waals surface area (Å²) in [7, 11) is 3.05. The van der Waals surface area contributed by atoms with E-state index in [9.17, 15) is 24.3 Å². The summed E-state index contributed by atoms with van der Waals surface area (Å²) in [5.74, 6) is -0.159. The molecule has 2 aromatic rings. The summed E-state index contributed by atoms with van der Waals surface area (Å²) in [5, 5.41) is 27.8. The Bertz CT molecular complexity index is 1280. The Hall–Kier alpha value is -4.36. The van der Waals surface area contributed by atoms with Gasteiger partial charge in [-0.1, -0.05) is 46.8 Å². The maximum Gasteiger partial charge on any atom is 0.315 e. The van der Waals surface area contributed by atoms with Crippen molar-refractivity contribution in [1.29, 1.82) is 0 Å². The molecule has 0 spiro atoms. The average Bonchev–Trinajstić information content (AvgIpc) is 3.05. The molecule has 2 rings (SSSR count). The number of amides is 5. The van der Waals surface area contributed by atoms with Gasteiger partial charge < -0.3 is 46.5 Å². The van der Waals surface area contributed by atoms with E-state index in [2.05, 4.69) is 31.9 Å². The van der Waals surface area contributed by atoms with E-state index in [1.165, 1.54) is 14.2 Å². The van der Waals surface area contributed by atoms with Gasteiger partial charge in [0.25, 0.3) is 11.8 Å². The fourth-order valence-corrected chi connectivity index (χ4v) is 4.64. The normalized spacial score (nSPS) is 12.9. The Labute approximate surface area is 277 Å². The highest BCUT2D eigenvalue weighted by molar-refractivity contribution is 5.94. The van der Waals surface area contributed by atoms with Gasteiger partial charge in [0, 0.05) is 43.9 Å². The largest absolute Gasteiger partial charge is 0.497 e. The molecule has 260 valence electrons. The van der Waals surface area contributed by atoms with Crippen molar-refractivity contribution in [2.45, 2.75) is 84.8 Å². The minimum Gasteiger partial charge on any atom is -0.497 e. The van der Waals surface area contributed by atoms with E-state index in [-0.39, 0.29) is 31.3 Å². The van der Waals surface area contributed by atoms with Gasteiger partial charge in [-0.25, -0.2) is 4.79 Å². The van der Waals surface area contributed by atoms with E-state index in [0.717, 1.165) is 5.56 Å². The topological polar surface area (TPSA) is 179 Å². The van der Waals surface area contributed by atoms with Crippen molar-refractivity contribution in [3.8, 4) is 11.5 Å². The Morgan fingerprint density at radius 3 is 1.94 bits per heavy atom. The van der Waals surface area contributed by atoms with Crippen LogP contribution in [0.3, 0.4) is 0 Å². The lowest BCUT2D eigenvalue weighted by atomic mass is 10.0. The van der Waals surface area contributed by atoms with Gasteiger partial charge in [-0.3, -0.25) is 14.4 Å². The van der Waals surface area contributed by atoms with Gasteiger partial charge in [0.1, 0.15) is 17.5 Å². The number of hydrogen-bond acceptors (Lipinski definition) is 8. The molecule has 0 aliphatic carbocycles. The minimum atomic E-state index is -1.52. The Kier molecular flexibility index (Phi) is 16.5. The number of carbonyl (C=O) groups excluding carboxylic acids is 4. The first kappa shape index (κ1) is 38.8. The molecule has 3 unspecified atom stereocenters. The van der Waals surface area contributed by atoms with Gasteiger partial charge in [0.2, 0.25) is 5.91 Å². The van der Waals surface area contributed by atoms with Crippen LogP contribution in [0, 0.1) is 5.92 Å². The number of aliphatic hydroxyl groups is 1. The summed E-state index contributed by atoms with van der Waals surface area (Å²) in [6.07, 6.45) is -0.908. The van der Waals surface area contributed by atoms with E-state index in [0.29, 0.717) is 48.2 Å². The molecule has 0 aliphatic heterocycles. The highest BCUT2D eigenvalue weighted by atomic mass is 16.5. The summed E-state index contributed by atoms with van der Waals surface area (Å²) >= 11 is 0. The first-order chi connectivity index (χ1) is 22.4. The van der Waals surface area contributed by atoms with Crippen LogP contribution in [0.15, 0.2) is 42.5 Å². The fourth-order valence-electron chi connectivity index (χ4n) is 4.64. The zero-order valence-electron chi connectivity index (χ0n) is 28.6. The zero-order valence-corrected chi connectivity index (χ0v) is 28.6. The molecule has 0 heterocycles. The predicted molar refractivity (Wildman–Crippen MR) is 180 cm³/mol. The van der Waals surface area contributed by atoms with Gasteiger partial charge >= 0.3 is 6.03 Å². The molecular formula is C34H52N6O7. The van der Waals surface area contributed by atoms with Crippen molar-refractivity contribution in [2.75, 3.05) is 27.3 Å². The smallest absolute Gasteiger partial charge is 0.315 e. The molecular weight excluding hydrogens is 604 g/mol. The molecule has 0 bridgehead atoms. The number of carbonyl (C=O) groups is 4. The van der Waals surface area contributed by atoms with E-state index >= 15 is 0 Å². The molecule has 0 saturated carbocycles. The molecule has 13 nitrogen and oxygen atoms in total. The SMILES string of the molecule is CCC(NC(=O)C(CC(C)C)NC(=O)NCc1ccc(C(=O)NCCNC(C)C)cc1)C(O)C(=O)NCc1cc(OC)cc(OC)c1. The second-order valence-corrected chi connectivity index (χ2v) is 12.0. The molecule has 2 aromatic carbocycles. The van der Waals surface area contributed by atoms with Crippen molar-refractivity contribution >= 4 is 23.8 Å². The van der Waals surface area contributed by atoms with Crippen molar-refractivity contribution in [3.05, 3.63) is 59.2 Å². The van der Waals surface area contributed by atoms with Crippen LogP contribution in [0.25, 0.3) is 0 Å². The second kappa shape index (κ2) is 20.0. The van der Waals surface area contributed by atoms with Gasteiger partial charge in [-0.15, -0.1) is 0 Å². The fraction of sp³-hybridized carbons (Fsp3) is 0.529. The number of hydrogen-bond donors (Lipinski definition) is 7. The molecule has 0 fully saturated rings. The standard InChI is InChI=1S/C34H52N6O7/c1-8-28(30(41)33(44)37-20-24-16-26(46-6)18-27(17-24)47-7)39-32(43)29(15-21(2)3)40-34(45)38-19-23-9-11-25(12-10-23)31(42)36-14-13-35-22(4)5/h9-12,16-18,21-22,28-30,35,41H,8,13-15,19-20H2,1-7H3,(H,36,42)(H,37,44)(H,39,43)(H2,38,40,45). The number of nitrogens with one attached hydrogen (secondary N) is 6. The summed E-state index contributed by atoms with van der Waals surface area (Å²) in [6.45, 7) is 11.1. The lowest BCUT2D eigenvalue weighted by molar-refractivity contribution is -0.132. The number of rotatable bonds is 19. The highest BCUT2D eigenvalue weighted by Crippen LogP contribution is 2.22. The van der Waals surface area contributed by atoms with Crippen molar-refractivity contribution < 1.29 is 33.8 Å². The first-order valence-corrected chi connectivity index (χ1v) is 16.0. The van der Waals surface area contributed by atoms with Crippen molar-refractivity contribution in [1.82, 2.24) is 31.9 Å². The average molecular weight is 657 g/mol. The number of benzene rings is 2. The Balaban J connectivity index is 1.92. The Morgan fingerprint density at radius 1 is 0.766 bits per heavy atom. The predicted octanol–water partition coefficient (Wildman–Crippen LogP) is 2.22. The van der Waals surface area contributed by atoms with Crippen molar-refractivity contribution in [2.24, 2.45) is 5.92 Å². The number of urea groups is 1. The van der Waals surface area contributed by atoms with Gasteiger partial charge in [-0.05, 0) is 54.2 Å². The maximum absolute atomic E-state index is 13.3. The Morgan fingerprint density at radius 2 is 1.38 bits per heavy atom. The van der Waals surface area contributed by atoms with Crippen LogP contribution in [0.4, 0.5) is 4.79 Å². The lowest BCUT2D eigenvalue weighted by Crippen LogP contribution is -2.56.